The summed E-state index contributed by atoms with van der Waals surface area (Å²) < 4.78 is 5.90. The number of hydrogen-bond donors (Lipinski definition) is 0. The summed E-state index contributed by atoms with van der Waals surface area (Å²) in [4.78, 5) is 21.2. The van der Waals surface area contributed by atoms with Crippen molar-refractivity contribution >= 4 is 5.91 Å². The van der Waals surface area contributed by atoms with Gasteiger partial charge < -0.3 is 9.64 Å². The minimum absolute atomic E-state index is 0.0590. The highest BCUT2D eigenvalue weighted by molar-refractivity contribution is 5.78. The standard InChI is InChI=1S/C22H29N3O2/c1-17(2)20-8-7-18(3)14-21(20)27-16-22(26)25-12-10-24(11-13-25)15-19-6-4-5-9-23-19/h4-9,14,17H,10-13,15-16H2,1-3H3. The molecule has 1 saturated heterocycles. The van der Waals surface area contributed by atoms with Gasteiger partial charge in [-0.2, -0.15) is 0 Å². The highest BCUT2D eigenvalue weighted by atomic mass is 16.5. The molecule has 0 spiro atoms. The van der Waals surface area contributed by atoms with Crippen LogP contribution < -0.4 is 4.74 Å². The smallest absolute Gasteiger partial charge is 0.260 e. The summed E-state index contributed by atoms with van der Waals surface area (Å²) in [5.74, 6) is 1.25. The van der Waals surface area contributed by atoms with Gasteiger partial charge in [0.1, 0.15) is 5.75 Å². The summed E-state index contributed by atoms with van der Waals surface area (Å²) in [6.07, 6.45) is 1.82. The molecule has 0 radical (unpaired) electrons. The molecule has 1 aromatic carbocycles. The van der Waals surface area contributed by atoms with E-state index in [2.05, 4.69) is 35.9 Å². The van der Waals surface area contributed by atoms with Crippen LogP contribution in [0.25, 0.3) is 0 Å². The van der Waals surface area contributed by atoms with Crippen molar-refractivity contribution in [1.82, 2.24) is 14.8 Å². The van der Waals surface area contributed by atoms with Crippen molar-refractivity contribution < 1.29 is 9.53 Å². The molecule has 2 aromatic rings. The summed E-state index contributed by atoms with van der Waals surface area (Å²) in [7, 11) is 0. The van der Waals surface area contributed by atoms with E-state index in [-0.39, 0.29) is 12.5 Å². The zero-order chi connectivity index (χ0) is 19.2. The first-order valence-electron chi connectivity index (χ1n) is 9.66. The maximum atomic E-state index is 12.6. The number of hydrogen-bond acceptors (Lipinski definition) is 4. The Kier molecular flexibility index (Phi) is 6.45. The number of ether oxygens (including phenoxy) is 1. The van der Waals surface area contributed by atoms with Crippen LogP contribution in [0, 0.1) is 6.92 Å². The number of rotatable bonds is 6. The Bertz CT molecular complexity index is 753. The minimum Gasteiger partial charge on any atom is -0.483 e. The number of pyridine rings is 1. The van der Waals surface area contributed by atoms with Crippen LogP contribution in [-0.2, 0) is 11.3 Å². The first-order valence-corrected chi connectivity index (χ1v) is 9.66. The SMILES string of the molecule is Cc1ccc(C(C)C)c(OCC(=O)N2CCN(Cc3ccccn3)CC2)c1. The first-order chi connectivity index (χ1) is 13.0. The van der Waals surface area contributed by atoms with Crippen LogP contribution >= 0.6 is 0 Å². The lowest BCUT2D eigenvalue weighted by Gasteiger charge is -2.34. The van der Waals surface area contributed by atoms with Crippen molar-refractivity contribution in [2.45, 2.75) is 33.2 Å². The van der Waals surface area contributed by atoms with Crippen LogP contribution in [0.2, 0.25) is 0 Å². The van der Waals surface area contributed by atoms with E-state index in [0.29, 0.717) is 5.92 Å². The van der Waals surface area contributed by atoms with Gasteiger partial charge in [-0.25, -0.2) is 0 Å². The molecule has 144 valence electrons. The quantitative estimate of drug-likeness (QED) is 0.786. The van der Waals surface area contributed by atoms with Crippen LogP contribution in [0.5, 0.6) is 5.75 Å². The zero-order valence-corrected chi connectivity index (χ0v) is 16.5. The van der Waals surface area contributed by atoms with Gasteiger partial charge in [0.25, 0.3) is 5.91 Å². The van der Waals surface area contributed by atoms with Crippen LogP contribution in [0.3, 0.4) is 0 Å². The van der Waals surface area contributed by atoms with E-state index in [1.54, 1.807) is 0 Å². The number of aromatic nitrogens is 1. The molecule has 0 N–H and O–H groups in total. The fourth-order valence-electron chi connectivity index (χ4n) is 3.35. The average molecular weight is 367 g/mol. The zero-order valence-electron chi connectivity index (χ0n) is 16.5. The second kappa shape index (κ2) is 9.00. The number of benzene rings is 1. The molecule has 5 nitrogen and oxygen atoms in total. The van der Waals surface area contributed by atoms with Crippen LogP contribution in [0.15, 0.2) is 42.6 Å². The predicted octanol–water partition coefficient (Wildman–Crippen LogP) is 3.24. The Morgan fingerprint density at radius 1 is 1.15 bits per heavy atom. The monoisotopic (exact) mass is 367 g/mol. The van der Waals surface area contributed by atoms with E-state index >= 15 is 0 Å². The Morgan fingerprint density at radius 3 is 2.59 bits per heavy atom. The van der Waals surface area contributed by atoms with Gasteiger partial charge in [-0.1, -0.05) is 32.0 Å². The molecule has 1 amide bonds. The minimum atomic E-state index is 0.0590. The van der Waals surface area contributed by atoms with Crippen molar-refractivity contribution in [2.75, 3.05) is 32.8 Å². The Hall–Kier alpha value is -2.40. The molecule has 27 heavy (non-hydrogen) atoms. The summed E-state index contributed by atoms with van der Waals surface area (Å²) in [5, 5.41) is 0. The highest BCUT2D eigenvalue weighted by Gasteiger charge is 2.22. The van der Waals surface area contributed by atoms with Crippen molar-refractivity contribution in [1.29, 1.82) is 0 Å². The van der Waals surface area contributed by atoms with Crippen LogP contribution in [-0.4, -0.2) is 53.5 Å². The second-order valence-electron chi connectivity index (χ2n) is 7.46. The molecule has 0 aliphatic carbocycles. The molecular formula is C22H29N3O2. The van der Waals surface area contributed by atoms with Gasteiger partial charge in [-0.3, -0.25) is 14.7 Å². The largest absolute Gasteiger partial charge is 0.483 e. The Balaban J connectivity index is 1.49. The van der Waals surface area contributed by atoms with Crippen molar-refractivity contribution in [3.63, 3.8) is 0 Å². The van der Waals surface area contributed by atoms with E-state index in [9.17, 15) is 4.79 Å². The molecule has 0 unspecified atom stereocenters. The van der Waals surface area contributed by atoms with E-state index in [4.69, 9.17) is 4.74 Å². The molecule has 1 aliphatic heterocycles. The average Bonchev–Trinajstić information content (AvgIpc) is 2.67. The molecule has 1 aromatic heterocycles. The topological polar surface area (TPSA) is 45.7 Å². The van der Waals surface area contributed by atoms with E-state index in [1.807, 2.05) is 42.3 Å². The summed E-state index contributed by atoms with van der Waals surface area (Å²) >= 11 is 0. The van der Waals surface area contributed by atoms with Crippen molar-refractivity contribution in [3.05, 3.63) is 59.4 Å². The van der Waals surface area contributed by atoms with Crippen LogP contribution in [0.1, 0.15) is 36.6 Å². The van der Waals surface area contributed by atoms with Gasteiger partial charge >= 0.3 is 0 Å². The van der Waals surface area contributed by atoms with Crippen molar-refractivity contribution in [3.8, 4) is 5.75 Å². The van der Waals surface area contributed by atoms with E-state index in [0.717, 1.165) is 55.3 Å². The normalized spacial score (nSPS) is 15.2. The highest BCUT2D eigenvalue weighted by Crippen LogP contribution is 2.27. The van der Waals surface area contributed by atoms with Gasteiger partial charge in [-0.15, -0.1) is 0 Å². The van der Waals surface area contributed by atoms with Gasteiger partial charge in [0.2, 0.25) is 0 Å². The molecule has 1 fully saturated rings. The lowest BCUT2D eigenvalue weighted by molar-refractivity contribution is -0.135. The van der Waals surface area contributed by atoms with E-state index < -0.39 is 0 Å². The van der Waals surface area contributed by atoms with Crippen LogP contribution in [0.4, 0.5) is 0 Å². The molecule has 5 heteroatoms. The first kappa shape index (κ1) is 19.4. The lowest BCUT2D eigenvalue weighted by Crippen LogP contribution is -2.49. The van der Waals surface area contributed by atoms with E-state index in [1.165, 1.54) is 0 Å². The molecular weight excluding hydrogens is 338 g/mol. The fourth-order valence-corrected chi connectivity index (χ4v) is 3.35. The molecule has 2 heterocycles. The van der Waals surface area contributed by atoms with Gasteiger partial charge in [0, 0.05) is 38.9 Å². The number of carbonyl (C=O) groups excluding carboxylic acids is 1. The third kappa shape index (κ3) is 5.30. The number of nitrogens with zero attached hydrogens (tertiary/aromatic N) is 3. The van der Waals surface area contributed by atoms with Gasteiger partial charge in [0.15, 0.2) is 6.61 Å². The Morgan fingerprint density at radius 2 is 1.93 bits per heavy atom. The lowest BCUT2D eigenvalue weighted by atomic mass is 10.0. The van der Waals surface area contributed by atoms with Crippen molar-refractivity contribution in [2.24, 2.45) is 0 Å². The summed E-state index contributed by atoms with van der Waals surface area (Å²) in [6, 6.07) is 12.2. The Labute approximate surface area is 162 Å². The summed E-state index contributed by atoms with van der Waals surface area (Å²) in [6.45, 7) is 10.5. The number of piperazine rings is 1. The third-order valence-electron chi connectivity index (χ3n) is 4.98. The molecule has 0 bridgehead atoms. The van der Waals surface area contributed by atoms with Gasteiger partial charge in [-0.05, 0) is 42.2 Å². The number of carbonyl (C=O) groups is 1. The molecule has 0 saturated carbocycles. The maximum absolute atomic E-state index is 12.6. The number of amides is 1. The fraction of sp³-hybridized carbons (Fsp3) is 0.455. The van der Waals surface area contributed by atoms with Gasteiger partial charge in [0.05, 0.1) is 5.69 Å². The molecule has 3 rings (SSSR count). The maximum Gasteiger partial charge on any atom is 0.260 e. The predicted molar refractivity (Wildman–Crippen MR) is 107 cm³/mol. The number of aryl methyl sites for hydroxylation is 1. The molecule has 0 atom stereocenters. The second-order valence-corrected chi connectivity index (χ2v) is 7.46. The summed E-state index contributed by atoms with van der Waals surface area (Å²) in [5.41, 5.74) is 3.36. The third-order valence-corrected chi connectivity index (χ3v) is 4.98. The molecule has 1 aliphatic rings.